The predicted octanol–water partition coefficient (Wildman–Crippen LogP) is 6.89. The summed E-state index contributed by atoms with van der Waals surface area (Å²) in [6.45, 7) is 14.5. The average Bonchev–Trinajstić information content (AvgIpc) is 3.41. The molecule has 3 saturated carbocycles. The minimum absolute atomic E-state index is 0.210. The number of fused-ring (bicyclic) bond motifs is 8. The lowest BCUT2D eigenvalue weighted by molar-refractivity contribution is -0.117. The Morgan fingerprint density at radius 3 is 2.63 bits per heavy atom. The molecular weight excluding hydrogens is 368 g/mol. The molecule has 0 aromatic rings. The molecule has 0 aromatic heterocycles. The topological polar surface area (TPSA) is 29.6 Å². The zero-order valence-corrected chi connectivity index (χ0v) is 20.1. The van der Waals surface area contributed by atoms with Gasteiger partial charge in [-0.05, 0) is 118 Å². The highest BCUT2D eigenvalue weighted by molar-refractivity contribution is 5.92. The van der Waals surface area contributed by atoms with Gasteiger partial charge in [0.2, 0.25) is 0 Å². The van der Waals surface area contributed by atoms with E-state index < -0.39 is 0 Å². The average molecular weight is 411 g/mol. The minimum Gasteiger partial charge on any atom is -0.365 e. The summed E-state index contributed by atoms with van der Waals surface area (Å²) in [4.78, 5) is 12.2. The molecule has 9 atom stereocenters. The third-order valence-corrected chi connectivity index (χ3v) is 10.8. The zero-order valence-electron chi connectivity index (χ0n) is 20.1. The van der Waals surface area contributed by atoms with Crippen LogP contribution < -0.4 is 0 Å². The highest BCUT2D eigenvalue weighted by Gasteiger charge is 2.69. The Bertz CT molecular complexity index is 801. The summed E-state index contributed by atoms with van der Waals surface area (Å²) in [6.07, 6.45) is 12.6. The maximum absolute atomic E-state index is 12.2. The van der Waals surface area contributed by atoms with Crippen LogP contribution in [0.25, 0.3) is 0 Å². The van der Waals surface area contributed by atoms with Gasteiger partial charge in [-0.3, -0.25) is 4.79 Å². The summed E-state index contributed by atoms with van der Waals surface area (Å²) in [5.74, 6) is 4.27. The molecule has 0 aromatic carbocycles. The molecular formula is C28H42O2. The molecule has 4 fully saturated rings. The SMILES string of the molecule is CC(C)=C(C)CCC(C)C1CCC2C3C4OC4C4=CC(=O)CCC4(C)C3CCC12C. The molecule has 5 rings (SSSR count). The number of epoxide rings is 1. The molecule has 1 aliphatic heterocycles. The van der Waals surface area contributed by atoms with Crippen LogP contribution in [0.4, 0.5) is 0 Å². The lowest BCUT2D eigenvalue weighted by Crippen LogP contribution is -2.53. The van der Waals surface area contributed by atoms with Gasteiger partial charge in [0.25, 0.3) is 0 Å². The third kappa shape index (κ3) is 2.95. The standard InChI is InChI=1S/C28H42O2/c1-16(2)17(3)7-8-18(4)20-9-10-21-24-22(12-14-27(20,21)5)28(6)13-11-19(29)15-23(28)25-26(24)30-25/h15,18,20-22,24-26H,7-14H2,1-6H3. The van der Waals surface area contributed by atoms with Crippen molar-refractivity contribution < 1.29 is 9.53 Å². The smallest absolute Gasteiger partial charge is 0.155 e. The van der Waals surface area contributed by atoms with Crippen molar-refractivity contribution in [2.24, 2.45) is 40.4 Å². The van der Waals surface area contributed by atoms with Crippen molar-refractivity contribution >= 4 is 5.78 Å². The largest absolute Gasteiger partial charge is 0.365 e. The summed E-state index contributed by atoms with van der Waals surface area (Å²) >= 11 is 0. The maximum atomic E-state index is 12.2. The van der Waals surface area contributed by atoms with Crippen LogP contribution in [0, 0.1) is 40.4 Å². The van der Waals surface area contributed by atoms with Crippen LogP contribution in [0.2, 0.25) is 0 Å². The van der Waals surface area contributed by atoms with Gasteiger partial charge in [0.05, 0.1) is 6.10 Å². The molecule has 0 bridgehead atoms. The van der Waals surface area contributed by atoms with Gasteiger partial charge in [-0.2, -0.15) is 0 Å². The number of rotatable bonds is 4. The van der Waals surface area contributed by atoms with Crippen LogP contribution >= 0.6 is 0 Å². The molecule has 0 amide bonds. The minimum atomic E-state index is 0.210. The quantitative estimate of drug-likeness (QED) is 0.373. The summed E-state index contributed by atoms with van der Waals surface area (Å²) < 4.78 is 6.36. The first-order valence-corrected chi connectivity index (χ1v) is 12.7. The maximum Gasteiger partial charge on any atom is 0.155 e. The van der Waals surface area contributed by atoms with E-state index in [9.17, 15) is 4.79 Å². The van der Waals surface area contributed by atoms with E-state index in [2.05, 4.69) is 41.5 Å². The van der Waals surface area contributed by atoms with Crippen LogP contribution in [0.3, 0.4) is 0 Å². The summed E-state index contributed by atoms with van der Waals surface area (Å²) in [7, 11) is 0. The van der Waals surface area contributed by atoms with Crippen LogP contribution in [0.15, 0.2) is 22.8 Å². The number of ketones is 1. The van der Waals surface area contributed by atoms with Gasteiger partial charge < -0.3 is 4.74 Å². The van der Waals surface area contributed by atoms with Gasteiger partial charge in [-0.15, -0.1) is 0 Å². The van der Waals surface area contributed by atoms with Crippen molar-refractivity contribution in [3.05, 3.63) is 22.8 Å². The highest BCUT2D eigenvalue weighted by atomic mass is 16.6. The highest BCUT2D eigenvalue weighted by Crippen LogP contribution is 2.70. The van der Waals surface area contributed by atoms with Crippen molar-refractivity contribution in [2.75, 3.05) is 0 Å². The van der Waals surface area contributed by atoms with E-state index in [0.29, 0.717) is 17.3 Å². The van der Waals surface area contributed by atoms with Gasteiger partial charge in [0, 0.05) is 6.42 Å². The van der Waals surface area contributed by atoms with Gasteiger partial charge in [-0.1, -0.05) is 31.9 Å². The van der Waals surface area contributed by atoms with Crippen LogP contribution in [-0.2, 0) is 9.53 Å². The van der Waals surface area contributed by atoms with E-state index in [1.807, 2.05) is 6.08 Å². The van der Waals surface area contributed by atoms with Crippen molar-refractivity contribution in [3.8, 4) is 0 Å². The Labute approximate surface area is 183 Å². The predicted molar refractivity (Wildman–Crippen MR) is 122 cm³/mol. The first kappa shape index (κ1) is 21.0. The monoisotopic (exact) mass is 410 g/mol. The molecule has 0 N–H and O–H groups in total. The van der Waals surface area contributed by atoms with Gasteiger partial charge in [0.1, 0.15) is 6.10 Å². The summed E-state index contributed by atoms with van der Waals surface area (Å²) in [5.41, 5.74) is 5.15. The summed E-state index contributed by atoms with van der Waals surface area (Å²) in [5, 5.41) is 0. The Kier molecular flexibility index (Phi) is 4.94. The number of carbonyl (C=O) groups excluding carboxylic acids is 1. The van der Waals surface area contributed by atoms with E-state index in [4.69, 9.17) is 4.74 Å². The molecule has 166 valence electrons. The van der Waals surface area contributed by atoms with E-state index in [-0.39, 0.29) is 11.5 Å². The number of carbonyl (C=O) groups is 1. The van der Waals surface area contributed by atoms with Gasteiger partial charge in [0.15, 0.2) is 5.78 Å². The molecule has 0 radical (unpaired) electrons. The van der Waals surface area contributed by atoms with E-state index in [0.717, 1.165) is 42.4 Å². The lowest BCUT2D eigenvalue weighted by atomic mass is 9.46. The fourth-order valence-electron chi connectivity index (χ4n) is 8.68. The molecule has 0 spiro atoms. The molecule has 2 heteroatoms. The zero-order chi connectivity index (χ0) is 21.4. The first-order valence-electron chi connectivity index (χ1n) is 12.7. The second-order valence-corrected chi connectivity index (χ2v) is 12.3. The van der Waals surface area contributed by atoms with Crippen molar-refractivity contribution in [1.82, 2.24) is 0 Å². The molecule has 2 nitrogen and oxygen atoms in total. The first-order chi connectivity index (χ1) is 14.2. The molecule has 30 heavy (non-hydrogen) atoms. The normalized spacial score (nSPS) is 47.4. The van der Waals surface area contributed by atoms with Gasteiger partial charge >= 0.3 is 0 Å². The Balaban J connectivity index is 1.38. The van der Waals surface area contributed by atoms with Crippen molar-refractivity contribution in [3.63, 3.8) is 0 Å². The molecule has 5 aliphatic rings. The second-order valence-electron chi connectivity index (χ2n) is 12.3. The van der Waals surface area contributed by atoms with Crippen molar-refractivity contribution in [1.29, 1.82) is 0 Å². The summed E-state index contributed by atoms with van der Waals surface area (Å²) in [6, 6.07) is 0. The Hall–Kier alpha value is -0.890. The van der Waals surface area contributed by atoms with E-state index in [1.165, 1.54) is 49.7 Å². The van der Waals surface area contributed by atoms with Crippen molar-refractivity contribution in [2.45, 2.75) is 105 Å². The second kappa shape index (κ2) is 7.06. The number of allylic oxidation sites excluding steroid dienone is 2. The number of hydrogen-bond acceptors (Lipinski definition) is 2. The number of ether oxygens (including phenoxy) is 1. The molecule has 1 heterocycles. The fourth-order valence-corrected chi connectivity index (χ4v) is 8.68. The Morgan fingerprint density at radius 1 is 1.13 bits per heavy atom. The number of hydrogen-bond donors (Lipinski definition) is 0. The molecule has 1 saturated heterocycles. The lowest BCUT2D eigenvalue weighted by Gasteiger charge is -2.57. The van der Waals surface area contributed by atoms with Crippen LogP contribution in [0.5, 0.6) is 0 Å². The van der Waals surface area contributed by atoms with Gasteiger partial charge in [-0.25, -0.2) is 0 Å². The van der Waals surface area contributed by atoms with E-state index in [1.54, 1.807) is 5.57 Å². The molecule has 4 aliphatic carbocycles. The fraction of sp³-hybridized carbons (Fsp3) is 0.821. The van der Waals surface area contributed by atoms with E-state index >= 15 is 0 Å². The third-order valence-electron chi connectivity index (χ3n) is 10.8. The van der Waals surface area contributed by atoms with Crippen LogP contribution in [0.1, 0.15) is 92.9 Å². The van der Waals surface area contributed by atoms with Crippen LogP contribution in [-0.4, -0.2) is 18.0 Å². The Morgan fingerprint density at radius 2 is 1.90 bits per heavy atom. The molecule has 9 unspecified atom stereocenters.